The number of H-pyrrole nitrogens is 1. The van der Waals surface area contributed by atoms with Crippen LogP contribution < -0.4 is 5.32 Å². The Hall–Kier alpha value is -3.14. The van der Waals surface area contributed by atoms with Gasteiger partial charge in [0.25, 0.3) is 0 Å². The quantitative estimate of drug-likeness (QED) is 0.552. The van der Waals surface area contributed by atoms with Crippen molar-refractivity contribution < 1.29 is 4.39 Å². The van der Waals surface area contributed by atoms with Gasteiger partial charge in [-0.2, -0.15) is 0 Å². The molecule has 0 aliphatic rings. The second kappa shape index (κ2) is 5.57. The Morgan fingerprint density at radius 1 is 0.870 bits per heavy atom. The van der Waals surface area contributed by atoms with Crippen molar-refractivity contribution in [2.75, 3.05) is 5.32 Å². The van der Waals surface area contributed by atoms with Gasteiger partial charge in [-0.15, -0.1) is 0 Å². The summed E-state index contributed by atoms with van der Waals surface area (Å²) in [5.41, 5.74) is 3.91. The number of aromatic amines is 1. The molecule has 0 fully saturated rings. The number of rotatable bonds is 3. The van der Waals surface area contributed by atoms with Crippen LogP contribution in [0.1, 0.15) is 0 Å². The Morgan fingerprint density at radius 2 is 1.65 bits per heavy atom. The number of fused-ring (bicyclic) bond motifs is 1. The van der Waals surface area contributed by atoms with E-state index in [1.165, 1.54) is 6.07 Å². The van der Waals surface area contributed by atoms with Gasteiger partial charge in [0, 0.05) is 11.3 Å². The molecule has 23 heavy (non-hydrogen) atoms. The fourth-order valence-electron chi connectivity index (χ4n) is 2.59. The van der Waals surface area contributed by atoms with Crippen molar-refractivity contribution in [3.8, 4) is 11.1 Å². The second-order valence-electron chi connectivity index (χ2n) is 5.29. The van der Waals surface area contributed by atoms with Crippen molar-refractivity contribution in [1.82, 2.24) is 9.97 Å². The highest BCUT2D eigenvalue weighted by molar-refractivity contribution is 5.78. The van der Waals surface area contributed by atoms with E-state index in [1.54, 1.807) is 6.07 Å². The Bertz CT molecular complexity index is 928. The van der Waals surface area contributed by atoms with Crippen LogP contribution in [-0.2, 0) is 0 Å². The molecule has 0 saturated heterocycles. The summed E-state index contributed by atoms with van der Waals surface area (Å²) >= 11 is 0. The van der Waals surface area contributed by atoms with Gasteiger partial charge in [-0.25, -0.2) is 9.37 Å². The molecule has 0 unspecified atom stereocenters. The van der Waals surface area contributed by atoms with Crippen LogP contribution in [0.2, 0.25) is 0 Å². The average molecular weight is 303 g/mol. The van der Waals surface area contributed by atoms with Gasteiger partial charge in [0.2, 0.25) is 5.95 Å². The standard InChI is InChI=1S/C19H14FN3/c20-16-12-14(10-11-15(16)13-6-2-1-3-7-13)21-19-22-17-8-4-5-9-18(17)23-19/h1-12H,(H2,21,22,23). The fraction of sp³-hybridized carbons (Fsp3) is 0. The summed E-state index contributed by atoms with van der Waals surface area (Å²) in [6.07, 6.45) is 0. The van der Waals surface area contributed by atoms with E-state index in [-0.39, 0.29) is 5.82 Å². The molecule has 0 saturated carbocycles. The molecular weight excluding hydrogens is 289 g/mol. The zero-order valence-corrected chi connectivity index (χ0v) is 12.3. The molecule has 0 bridgehead atoms. The van der Waals surface area contributed by atoms with Gasteiger partial charge >= 0.3 is 0 Å². The predicted molar refractivity (Wildman–Crippen MR) is 91.2 cm³/mol. The van der Waals surface area contributed by atoms with Crippen LogP contribution in [0.15, 0.2) is 72.8 Å². The van der Waals surface area contributed by atoms with Gasteiger partial charge in [-0.3, -0.25) is 0 Å². The SMILES string of the molecule is Fc1cc(Nc2nc3ccccc3[nH]2)ccc1-c1ccccc1. The van der Waals surface area contributed by atoms with E-state index in [0.29, 0.717) is 17.2 Å². The molecule has 0 atom stereocenters. The predicted octanol–water partition coefficient (Wildman–Crippen LogP) is 5.11. The van der Waals surface area contributed by atoms with E-state index in [2.05, 4.69) is 15.3 Å². The zero-order chi connectivity index (χ0) is 15.6. The molecule has 0 amide bonds. The average Bonchev–Trinajstić information content (AvgIpc) is 2.98. The molecule has 3 nitrogen and oxygen atoms in total. The van der Waals surface area contributed by atoms with Crippen molar-refractivity contribution in [3.63, 3.8) is 0 Å². The summed E-state index contributed by atoms with van der Waals surface area (Å²) in [4.78, 5) is 7.59. The highest BCUT2D eigenvalue weighted by Crippen LogP contribution is 2.26. The van der Waals surface area contributed by atoms with Crippen molar-refractivity contribution >= 4 is 22.7 Å². The molecule has 4 rings (SSSR count). The maximum Gasteiger partial charge on any atom is 0.205 e. The number of halogens is 1. The van der Waals surface area contributed by atoms with Crippen LogP contribution >= 0.6 is 0 Å². The third kappa shape index (κ3) is 2.66. The van der Waals surface area contributed by atoms with E-state index >= 15 is 0 Å². The Labute approximate surface area is 132 Å². The molecule has 1 aromatic heterocycles. The van der Waals surface area contributed by atoms with Crippen molar-refractivity contribution in [1.29, 1.82) is 0 Å². The number of hydrogen-bond donors (Lipinski definition) is 2. The van der Waals surface area contributed by atoms with Gasteiger partial charge in [-0.05, 0) is 35.9 Å². The summed E-state index contributed by atoms with van der Waals surface area (Å²) in [6.45, 7) is 0. The van der Waals surface area contributed by atoms with Crippen LogP contribution in [0.3, 0.4) is 0 Å². The van der Waals surface area contributed by atoms with E-state index in [9.17, 15) is 4.39 Å². The number of nitrogens with one attached hydrogen (secondary N) is 2. The molecule has 0 radical (unpaired) electrons. The van der Waals surface area contributed by atoms with Crippen molar-refractivity contribution in [2.24, 2.45) is 0 Å². The molecule has 112 valence electrons. The zero-order valence-electron chi connectivity index (χ0n) is 12.3. The lowest BCUT2D eigenvalue weighted by Crippen LogP contribution is -1.94. The fourth-order valence-corrected chi connectivity index (χ4v) is 2.59. The number of para-hydroxylation sites is 2. The summed E-state index contributed by atoms with van der Waals surface area (Å²) in [5.74, 6) is 0.329. The van der Waals surface area contributed by atoms with Crippen LogP contribution in [0, 0.1) is 5.82 Å². The van der Waals surface area contributed by atoms with E-state index in [0.717, 1.165) is 16.6 Å². The van der Waals surface area contributed by atoms with Gasteiger partial charge in [-0.1, -0.05) is 42.5 Å². The lowest BCUT2D eigenvalue weighted by atomic mass is 10.0. The normalized spacial score (nSPS) is 10.8. The maximum atomic E-state index is 14.4. The van der Waals surface area contributed by atoms with Crippen molar-refractivity contribution in [3.05, 3.63) is 78.6 Å². The van der Waals surface area contributed by atoms with Crippen LogP contribution in [0.4, 0.5) is 16.0 Å². The smallest absolute Gasteiger partial charge is 0.205 e. The maximum absolute atomic E-state index is 14.4. The van der Waals surface area contributed by atoms with Crippen LogP contribution in [0.25, 0.3) is 22.2 Å². The first-order chi connectivity index (χ1) is 11.3. The Kier molecular flexibility index (Phi) is 3.27. The first-order valence-electron chi connectivity index (χ1n) is 7.36. The molecule has 0 aliphatic carbocycles. The molecule has 2 N–H and O–H groups in total. The number of hydrogen-bond acceptors (Lipinski definition) is 2. The molecule has 1 heterocycles. The number of aromatic nitrogens is 2. The molecule has 3 aromatic carbocycles. The first kappa shape index (κ1) is 13.5. The molecule has 4 heteroatoms. The minimum absolute atomic E-state index is 0.266. The number of anilines is 2. The van der Waals surface area contributed by atoms with Crippen LogP contribution in [-0.4, -0.2) is 9.97 Å². The second-order valence-corrected chi connectivity index (χ2v) is 5.29. The van der Waals surface area contributed by atoms with Gasteiger partial charge in [0.15, 0.2) is 0 Å². The van der Waals surface area contributed by atoms with E-state index in [1.807, 2.05) is 60.7 Å². The lowest BCUT2D eigenvalue weighted by molar-refractivity contribution is 0.632. The minimum Gasteiger partial charge on any atom is -0.326 e. The highest BCUT2D eigenvalue weighted by atomic mass is 19.1. The number of imidazole rings is 1. The van der Waals surface area contributed by atoms with Crippen molar-refractivity contribution in [2.45, 2.75) is 0 Å². The number of nitrogens with zero attached hydrogens (tertiary/aromatic N) is 1. The first-order valence-corrected chi connectivity index (χ1v) is 7.36. The summed E-state index contributed by atoms with van der Waals surface area (Å²) in [5, 5.41) is 3.11. The minimum atomic E-state index is -0.266. The summed E-state index contributed by atoms with van der Waals surface area (Å²) in [6, 6.07) is 22.4. The summed E-state index contributed by atoms with van der Waals surface area (Å²) in [7, 11) is 0. The van der Waals surface area contributed by atoms with Gasteiger partial charge in [0.1, 0.15) is 5.82 Å². The van der Waals surface area contributed by atoms with E-state index < -0.39 is 0 Å². The topological polar surface area (TPSA) is 40.7 Å². The third-order valence-electron chi connectivity index (χ3n) is 3.71. The van der Waals surface area contributed by atoms with Gasteiger partial charge in [0.05, 0.1) is 11.0 Å². The molecule has 4 aromatic rings. The third-order valence-corrected chi connectivity index (χ3v) is 3.71. The van der Waals surface area contributed by atoms with Gasteiger partial charge < -0.3 is 10.3 Å². The molecule has 0 spiro atoms. The lowest BCUT2D eigenvalue weighted by Gasteiger charge is -2.07. The Balaban J connectivity index is 1.64. The molecular formula is C19H14FN3. The van der Waals surface area contributed by atoms with Crippen LogP contribution in [0.5, 0.6) is 0 Å². The molecule has 0 aliphatic heterocycles. The number of benzene rings is 3. The monoisotopic (exact) mass is 303 g/mol. The highest BCUT2D eigenvalue weighted by Gasteiger charge is 2.07. The largest absolute Gasteiger partial charge is 0.326 e. The summed E-state index contributed by atoms with van der Waals surface area (Å²) < 4.78 is 14.4. The Morgan fingerprint density at radius 3 is 2.43 bits per heavy atom. The van der Waals surface area contributed by atoms with E-state index in [4.69, 9.17) is 0 Å².